The fourth-order valence-corrected chi connectivity index (χ4v) is 4.51. The summed E-state index contributed by atoms with van der Waals surface area (Å²) in [5.74, 6) is -1.18. The molecule has 0 radical (unpaired) electrons. The van der Waals surface area contributed by atoms with Crippen molar-refractivity contribution >= 4 is 29.3 Å². The molecule has 0 unspecified atom stereocenters. The average Bonchev–Trinajstić information content (AvgIpc) is 3.18. The summed E-state index contributed by atoms with van der Waals surface area (Å²) in [6.07, 6.45) is 1.21. The first-order chi connectivity index (χ1) is 15.8. The van der Waals surface area contributed by atoms with Crippen LogP contribution in [-0.2, 0) is 4.79 Å². The number of halogens is 2. The van der Waals surface area contributed by atoms with Crippen LogP contribution in [0.1, 0.15) is 45.5 Å². The van der Waals surface area contributed by atoms with Crippen molar-refractivity contribution in [1.29, 1.82) is 0 Å². The van der Waals surface area contributed by atoms with Crippen molar-refractivity contribution in [1.82, 2.24) is 15.5 Å². The van der Waals surface area contributed by atoms with Crippen molar-refractivity contribution in [2.45, 2.75) is 38.3 Å². The van der Waals surface area contributed by atoms with Crippen molar-refractivity contribution in [3.05, 3.63) is 63.9 Å². The smallest absolute Gasteiger partial charge is 0.257 e. The van der Waals surface area contributed by atoms with Crippen LogP contribution in [0.4, 0.5) is 4.39 Å². The van der Waals surface area contributed by atoms with Gasteiger partial charge < -0.3 is 20.3 Å². The van der Waals surface area contributed by atoms with Gasteiger partial charge in [0.05, 0.1) is 12.1 Å². The number of aryl methyl sites for hydroxylation is 1. The van der Waals surface area contributed by atoms with Gasteiger partial charge in [0.1, 0.15) is 18.2 Å². The van der Waals surface area contributed by atoms with Crippen LogP contribution in [-0.4, -0.2) is 54.4 Å². The number of nitrogens with one attached hydrogen (secondary N) is 2. The molecule has 3 amide bonds. The van der Waals surface area contributed by atoms with Crippen molar-refractivity contribution in [2.75, 3.05) is 19.7 Å². The molecule has 1 saturated heterocycles. The van der Waals surface area contributed by atoms with Gasteiger partial charge in [-0.1, -0.05) is 17.7 Å². The number of rotatable bonds is 1. The predicted molar refractivity (Wildman–Crippen MR) is 121 cm³/mol. The molecule has 174 valence electrons. The fourth-order valence-electron chi connectivity index (χ4n) is 4.34. The first kappa shape index (κ1) is 23.0. The van der Waals surface area contributed by atoms with Crippen molar-refractivity contribution in [2.24, 2.45) is 0 Å². The molecular weight excluding hydrogens is 449 g/mol. The van der Waals surface area contributed by atoms with Gasteiger partial charge in [0.15, 0.2) is 0 Å². The number of hydrogen-bond acceptors (Lipinski definition) is 4. The van der Waals surface area contributed by atoms with Gasteiger partial charge in [-0.15, -0.1) is 0 Å². The molecule has 0 aliphatic carbocycles. The molecular formula is C24H25ClFN3O4. The summed E-state index contributed by atoms with van der Waals surface area (Å²) < 4.78 is 20.2. The molecule has 2 aromatic rings. The molecule has 0 spiro atoms. The Morgan fingerprint density at radius 1 is 1.12 bits per heavy atom. The highest BCUT2D eigenvalue weighted by Crippen LogP contribution is 2.30. The minimum Gasteiger partial charge on any atom is -0.491 e. The quantitative estimate of drug-likeness (QED) is 0.666. The highest BCUT2D eigenvalue weighted by molar-refractivity contribution is 6.31. The summed E-state index contributed by atoms with van der Waals surface area (Å²) in [5, 5.41) is 5.93. The summed E-state index contributed by atoms with van der Waals surface area (Å²) in [4.78, 5) is 40.2. The fraction of sp³-hybridized carbons (Fsp3) is 0.375. The van der Waals surface area contributed by atoms with E-state index in [2.05, 4.69) is 10.6 Å². The summed E-state index contributed by atoms with van der Waals surface area (Å²) in [5.41, 5.74) is 1.16. The lowest BCUT2D eigenvalue weighted by molar-refractivity contribution is -0.122. The largest absolute Gasteiger partial charge is 0.491 e. The molecule has 2 aromatic carbocycles. The number of nitrogens with zero attached hydrogens (tertiary/aromatic N) is 1. The molecule has 2 aliphatic rings. The van der Waals surface area contributed by atoms with Gasteiger partial charge in [0, 0.05) is 35.6 Å². The second-order valence-electron chi connectivity index (χ2n) is 8.31. The monoisotopic (exact) mass is 473 g/mol. The number of hydrogen-bond donors (Lipinski definition) is 2. The number of amides is 3. The zero-order valence-corrected chi connectivity index (χ0v) is 19.0. The Morgan fingerprint density at radius 2 is 1.91 bits per heavy atom. The number of carbonyl (C=O) groups excluding carboxylic acids is 3. The lowest BCUT2D eigenvalue weighted by Crippen LogP contribution is -2.48. The van der Waals surface area contributed by atoms with E-state index in [0.29, 0.717) is 24.2 Å². The molecule has 0 saturated carbocycles. The van der Waals surface area contributed by atoms with Gasteiger partial charge in [0.25, 0.3) is 11.8 Å². The van der Waals surface area contributed by atoms with Gasteiger partial charge in [-0.05, 0) is 55.7 Å². The van der Waals surface area contributed by atoms with Crippen LogP contribution in [0.3, 0.4) is 0 Å². The zero-order chi connectivity index (χ0) is 23.5. The van der Waals surface area contributed by atoms with Crippen LogP contribution in [0.5, 0.6) is 5.75 Å². The Kier molecular flexibility index (Phi) is 6.83. The summed E-state index contributed by atoms with van der Waals surface area (Å²) >= 11 is 6.00. The van der Waals surface area contributed by atoms with E-state index < -0.39 is 17.8 Å². The second-order valence-corrected chi connectivity index (χ2v) is 8.75. The topological polar surface area (TPSA) is 87.7 Å². The lowest BCUT2D eigenvalue weighted by atomic mass is 10.1. The van der Waals surface area contributed by atoms with Crippen LogP contribution in [0.25, 0.3) is 0 Å². The zero-order valence-electron chi connectivity index (χ0n) is 18.2. The molecule has 2 N–H and O–H groups in total. The first-order valence-corrected chi connectivity index (χ1v) is 11.3. The van der Waals surface area contributed by atoms with Crippen LogP contribution in [0.15, 0.2) is 36.4 Å². The molecule has 2 heterocycles. The van der Waals surface area contributed by atoms with Gasteiger partial charge in [-0.2, -0.15) is 0 Å². The van der Waals surface area contributed by atoms with Crippen LogP contribution in [0.2, 0.25) is 5.02 Å². The van der Waals surface area contributed by atoms with Crippen molar-refractivity contribution < 1.29 is 23.5 Å². The van der Waals surface area contributed by atoms with Gasteiger partial charge in [-0.25, -0.2) is 4.39 Å². The van der Waals surface area contributed by atoms with Gasteiger partial charge in [-0.3, -0.25) is 14.4 Å². The summed E-state index contributed by atoms with van der Waals surface area (Å²) in [7, 11) is 0. The van der Waals surface area contributed by atoms with E-state index in [-0.39, 0.29) is 54.6 Å². The van der Waals surface area contributed by atoms with E-state index in [1.807, 2.05) is 6.92 Å². The molecule has 4 rings (SSSR count). The normalized spacial score (nSPS) is 21.4. The molecule has 0 aromatic heterocycles. The minimum atomic E-state index is -0.683. The number of carbonyl (C=O) groups is 3. The van der Waals surface area contributed by atoms with E-state index in [1.54, 1.807) is 18.2 Å². The Labute approximate surface area is 196 Å². The lowest BCUT2D eigenvalue weighted by Gasteiger charge is -2.31. The minimum absolute atomic E-state index is 0.0746. The van der Waals surface area contributed by atoms with Gasteiger partial charge in [0.2, 0.25) is 5.91 Å². The van der Waals surface area contributed by atoms with E-state index in [1.165, 1.54) is 17.0 Å². The maximum Gasteiger partial charge on any atom is 0.257 e. The third-order valence-corrected chi connectivity index (χ3v) is 6.30. The molecule has 9 heteroatoms. The van der Waals surface area contributed by atoms with Crippen molar-refractivity contribution in [3.8, 4) is 5.75 Å². The molecule has 2 atom stereocenters. The highest BCUT2D eigenvalue weighted by atomic mass is 35.5. The standard InChI is InChI=1S/C24H25ClFN3O4/c1-14-2-3-15-10-21(14)33-9-8-27-22(30)12-17-5-6-18(13-28-23(15)31)29(17)24(32)19-11-16(25)4-7-20(19)26/h2-4,7,10-11,17-18H,5-6,8-9,12-13H2,1H3,(H,27,30)(H,28,31)/t17-,18+/m0/s1. The maximum atomic E-state index is 14.5. The average molecular weight is 474 g/mol. The molecule has 2 aliphatic heterocycles. The van der Waals surface area contributed by atoms with Gasteiger partial charge >= 0.3 is 0 Å². The third kappa shape index (κ3) is 5.11. The number of ether oxygens (including phenoxy) is 1. The van der Waals surface area contributed by atoms with E-state index in [4.69, 9.17) is 16.3 Å². The number of benzene rings is 2. The van der Waals surface area contributed by atoms with Crippen molar-refractivity contribution in [3.63, 3.8) is 0 Å². The Bertz CT molecular complexity index is 1090. The van der Waals surface area contributed by atoms with Crippen LogP contribution >= 0.6 is 11.6 Å². The maximum absolute atomic E-state index is 14.5. The predicted octanol–water partition coefficient (Wildman–Crippen LogP) is 3.09. The molecule has 33 heavy (non-hydrogen) atoms. The van der Waals surface area contributed by atoms with E-state index in [0.717, 1.165) is 11.6 Å². The third-order valence-electron chi connectivity index (χ3n) is 6.06. The SMILES string of the molecule is Cc1ccc2cc1OCCNC(=O)C[C@@H]1CC[C@H](CNC2=O)N1C(=O)c1cc(Cl)ccc1F. The Hall–Kier alpha value is -3.13. The summed E-state index contributed by atoms with van der Waals surface area (Å²) in [6, 6.07) is 8.17. The summed E-state index contributed by atoms with van der Waals surface area (Å²) in [6.45, 7) is 2.57. The Morgan fingerprint density at radius 3 is 2.73 bits per heavy atom. The van der Waals surface area contributed by atoms with Crippen LogP contribution in [0, 0.1) is 12.7 Å². The molecule has 7 nitrogen and oxygen atoms in total. The second kappa shape index (κ2) is 9.79. The molecule has 1 fully saturated rings. The van der Waals surface area contributed by atoms with E-state index >= 15 is 0 Å². The molecule has 4 bridgehead atoms. The first-order valence-electron chi connectivity index (χ1n) is 10.9. The van der Waals surface area contributed by atoms with E-state index in [9.17, 15) is 18.8 Å². The Balaban J connectivity index is 1.63. The van der Waals surface area contributed by atoms with Crippen LogP contribution < -0.4 is 15.4 Å². The highest BCUT2D eigenvalue weighted by Gasteiger charge is 2.39. The number of fused-ring (bicyclic) bond motifs is 4.